The number of amides is 1. The van der Waals surface area contributed by atoms with Crippen molar-refractivity contribution in [2.24, 2.45) is 5.92 Å². The van der Waals surface area contributed by atoms with E-state index in [2.05, 4.69) is 5.32 Å². The molecular weight excluding hydrogens is 230 g/mol. The molecule has 0 aromatic heterocycles. The molecule has 0 saturated heterocycles. The van der Waals surface area contributed by atoms with Crippen molar-refractivity contribution in [2.45, 2.75) is 63.9 Å². The van der Waals surface area contributed by atoms with Crippen LogP contribution in [0, 0.1) is 5.92 Å². The number of ether oxygens (including phenoxy) is 1. The Balaban J connectivity index is 1.49. The standard InChI is InChI=1S/C14H23NO3/c16-13(18-12-5-2-1-3-6-12)7-4-10-15-14(17)11-8-9-11/h11-12H,1-10H2,(H,15,17). The quantitative estimate of drug-likeness (QED) is 0.583. The Labute approximate surface area is 108 Å². The second kappa shape index (κ2) is 6.76. The van der Waals surface area contributed by atoms with Gasteiger partial charge >= 0.3 is 5.97 Å². The molecule has 2 saturated carbocycles. The maximum absolute atomic E-state index is 11.6. The zero-order valence-electron chi connectivity index (χ0n) is 11.0. The number of carbonyl (C=O) groups excluding carboxylic acids is 2. The van der Waals surface area contributed by atoms with Gasteiger partial charge in [0.1, 0.15) is 6.10 Å². The molecule has 102 valence electrons. The summed E-state index contributed by atoms with van der Waals surface area (Å²) in [5.74, 6) is 0.289. The van der Waals surface area contributed by atoms with E-state index in [9.17, 15) is 9.59 Å². The zero-order chi connectivity index (χ0) is 12.8. The van der Waals surface area contributed by atoms with Gasteiger partial charge in [-0.1, -0.05) is 6.42 Å². The SMILES string of the molecule is O=C(CCCNC(=O)C1CC1)OC1CCCCC1. The summed E-state index contributed by atoms with van der Waals surface area (Å²) in [7, 11) is 0. The summed E-state index contributed by atoms with van der Waals surface area (Å²) >= 11 is 0. The predicted octanol–water partition coefficient (Wildman–Crippen LogP) is 2.17. The predicted molar refractivity (Wildman–Crippen MR) is 67.9 cm³/mol. The van der Waals surface area contributed by atoms with Gasteiger partial charge in [0.15, 0.2) is 0 Å². The van der Waals surface area contributed by atoms with Crippen LogP contribution in [-0.2, 0) is 14.3 Å². The Kier molecular flexibility index (Phi) is 5.02. The molecule has 1 amide bonds. The van der Waals surface area contributed by atoms with E-state index >= 15 is 0 Å². The molecule has 0 aromatic carbocycles. The number of hydrogen-bond donors (Lipinski definition) is 1. The molecule has 1 N–H and O–H groups in total. The van der Waals surface area contributed by atoms with Crippen LogP contribution in [-0.4, -0.2) is 24.5 Å². The first-order valence-corrected chi connectivity index (χ1v) is 7.23. The third-order valence-electron chi connectivity index (χ3n) is 3.66. The minimum Gasteiger partial charge on any atom is -0.462 e. The summed E-state index contributed by atoms with van der Waals surface area (Å²) in [6, 6.07) is 0. The van der Waals surface area contributed by atoms with Gasteiger partial charge in [-0.15, -0.1) is 0 Å². The molecule has 0 aliphatic heterocycles. The van der Waals surface area contributed by atoms with Gasteiger partial charge in [-0.3, -0.25) is 9.59 Å². The fraction of sp³-hybridized carbons (Fsp3) is 0.857. The first-order chi connectivity index (χ1) is 8.75. The van der Waals surface area contributed by atoms with Crippen molar-refractivity contribution in [1.29, 1.82) is 0 Å². The summed E-state index contributed by atoms with van der Waals surface area (Å²) in [4.78, 5) is 22.9. The topological polar surface area (TPSA) is 55.4 Å². The van der Waals surface area contributed by atoms with Gasteiger partial charge in [-0.2, -0.15) is 0 Å². The van der Waals surface area contributed by atoms with E-state index in [1.165, 1.54) is 19.3 Å². The highest BCUT2D eigenvalue weighted by molar-refractivity contribution is 5.80. The smallest absolute Gasteiger partial charge is 0.306 e. The Bertz CT molecular complexity index is 293. The van der Waals surface area contributed by atoms with E-state index in [-0.39, 0.29) is 23.9 Å². The number of esters is 1. The molecule has 0 heterocycles. The van der Waals surface area contributed by atoms with Gasteiger partial charge in [0, 0.05) is 18.9 Å². The van der Waals surface area contributed by atoms with E-state index < -0.39 is 0 Å². The summed E-state index contributed by atoms with van der Waals surface area (Å²) < 4.78 is 5.41. The summed E-state index contributed by atoms with van der Waals surface area (Å²) in [6.07, 6.45) is 8.95. The van der Waals surface area contributed by atoms with Crippen LogP contribution in [0.3, 0.4) is 0 Å². The molecule has 4 nitrogen and oxygen atoms in total. The molecule has 4 heteroatoms. The van der Waals surface area contributed by atoms with E-state index in [4.69, 9.17) is 4.74 Å². The third kappa shape index (κ3) is 4.67. The van der Waals surface area contributed by atoms with Gasteiger partial charge in [0.25, 0.3) is 0 Å². The number of rotatable bonds is 6. The minimum absolute atomic E-state index is 0.109. The number of nitrogens with one attached hydrogen (secondary N) is 1. The third-order valence-corrected chi connectivity index (χ3v) is 3.66. The Morgan fingerprint density at radius 1 is 1.06 bits per heavy atom. The molecule has 18 heavy (non-hydrogen) atoms. The molecule has 2 aliphatic rings. The van der Waals surface area contributed by atoms with Crippen LogP contribution < -0.4 is 5.32 Å². The Hall–Kier alpha value is -1.06. The average molecular weight is 253 g/mol. The van der Waals surface area contributed by atoms with Crippen LogP contribution in [0.4, 0.5) is 0 Å². The van der Waals surface area contributed by atoms with Crippen molar-refractivity contribution in [3.05, 3.63) is 0 Å². The fourth-order valence-electron chi connectivity index (χ4n) is 2.36. The van der Waals surface area contributed by atoms with Crippen molar-refractivity contribution in [1.82, 2.24) is 5.32 Å². The monoisotopic (exact) mass is 253 g/mol. The van der Waals surface area contributed by atoms with Crippen molar-refractivity contribution in [3.8, 4) is 0 Å². The highest BCUT2D eigenvalue weighted by atomic mass is 16.5. The Morgan fingerprint density at radius 3 is 2.44 bits per heavy atom. The summed E-state index contributed by atoms with van der Waals surface area (Å²) in [6.45, 7) is 0.592. The number of carbonyl (C=O) groups is 2. The second-order valence-electron chi connectivity index (χ2n) is 5.42. The van der Waals surface area contributed by atoms with E-state index in [0.717, 1.165) is 25.7 Å². The average Bonchev–Trinajstić information content (AvgIpc) is 3.20. The molecule has 0 unspecified atom stereocenters. The lowest BCUT2D eigenvalue weighted by Gasteiger charge is -2.21. The van der Waals surface area contributed by atoms with Crippen LogP contribution in [0.1, 0.15) is 57.8 Å². The van der Waals surface area contributed by atoms with Gasteiger partial charge in [0.05, 0.1) is 0 Å². The molecule has 2 rings (SSSR count). The maximum Gasteiger partial charge on any atom is 0.306 e. The normalized spacial score (nSPS) is 20.4. The first kappa shape index (κ1) is 13.4. The van der Waals surface area contributed by atoms with Crippen LogP contribution >= 0.6 is 0 Å². The zero-order valence-corrected chi connectivity index (χ0v) is 11.0. The molecule has 0 bridgehead atoms. The maximum atomic E-state index is 11.6. The fourth-order valence-corrected chi connectivity index (χ4v) is 2.36. The van der Waals surface area contributed by atoms with E-state index in [1.54, 1.807) is 0 Å². The van der Waals surface area contributed by atoms with Gasteiger partial charge in [-0.05, 0) is 44.9 Å². The molecule has 0 radical (unpaired) electrons. The Morgan fingerprint density at radius 2 is 1.78 bits per heavy atom. The van der Waals surface area contributed by atoms with Crippen LogP contribution in [0.2, 0.25) is 0 Å². The largest absolute Gasteiger partial charge is 0.462 e. The first-order valence-electron chi connectivity index (χ1n) is 7.23. The molecule has 2 aliphatic carbocycles. The van der Waals surface area contributed by atoms with Crippen molar-refractivity contribution < 1.29 is 14.3 Å². The van der Waals surface area contributed by atoms with Crippen molar-refractivity contribution in [3.63, 3.8) is 0 Å². The lowest BCUT2D eigenvalue weighted by Crippen LogP contribution is -2.27. The molecule has 0 atom stereocenters. The molecule has 0 aromatic rings. The summed E-state index contributed by atoms with van der Waals surface area (Å²) in [5, 5.41) is 2.86. The van der Waals surface area contributed by atoms with Gasteiger partial charge in [0.2, 0.25) is 5.91 Å². The highest BCUT2D eigenvalue weighted by Gasteiger charge is 2.29. The van der Waals surface area contributed by atoms with Crippen LogP contribution in [0.15, 0.2) is 0 Å². The molecule has 2 fully saturated rings. The van der Waals surface area contributed by atoms with Crippen molar-refractivity contribution >= 4 is 11.9 Å². The minimum atomic E-state index is -0.109. The molecule has 0 spiro atoms. The van der Waals surface area contributed by atoms with E-state index in [0.29, 0.717) is 19.4 Å². The van der Waals surface area contributed by atoms with Gasteiger partial charge < -0.3 is 10.1 Å². The highest BCUT2D eigenvalue weighted by Crippen LogP contribution is 2.28. The lowest BCUT2D eigenvalue weighted by molar-refractivity contribution is -0.150. The van der Waals surface area contributed by atoms with Crippen molar-refractivity contribution in [2.75, 3.05) is 6.54 Å². The summed E-state index contributed by atoms with van der Waals surface area (Å²) in [5.41, 5.74) is 0. The van der Waals surface area contributed by atoms with Crippen LogP contribution in [0.5, 0.6) is 0 Å². The second-order valence-corrected chi connectivity index (χ2v) is 5.42. The lowest BCUT2D eigenvalue weighted by atomic mass is 9.98. The van der Waals surface area contributed by atoms with Gasteiger partial charge in [-0.25, -0.2) is 0 Å². The van der Waals surface area contributed by atoms with Crippen LogP contribution in [0.25, 0.3) is 0 Å². The number of hydrogen-bond acceptors (Lipinski definition) is 3. The molecular formula is C14H23NO3. The van der Waals surface area contributed by atoms with E-state index in [1.807, 2.05) is 0 Å².